The Labute approximate surface area is 133 Å². The van der Waals surface area contributed by atoms with Gasteiger partial charge in [-0.05, 0) is 49.2 Å². The van der Waals surface area contributed by atoms with Gasteiger partial charge in [-0.25, -0.2) is 9.97 Å². The molecule has 0 saturated carbocycles. The van der Waals surface area contributed by atoms with E-state index in [2.05, 4.69) is 40.2 Å². The van der Waals surface area contributed by atoms with Crippen molar-refractivity contribution in [1.29, 1.82) is 0 Å². The molecule has 0 saturated heterocycles. The summed E-state index contributed by atoms with van der Waals surface area (Å²) in [5.74, 6) is 0.851. The summed E-state index contributed by atoms with van der Waals surface area (Å²) in [7, 11) is 1.51. The average Bonchev–Trinajstić information content (AvgIpc) is 2.94. The lowest BCUT2D eigenvalue weighted by atomic mass is 10.1. The number of hydrogen-bond donors (Lipinski definition) is 2. The fraction of sp³-hybridized carbons (Fsp3) is 0.235. The van der Waals surface area contributed by atoms with Crippen LogP contribution in [0.3, 0.4) is 0 Å². The minimum absolute atomic E-state index is 0.262. The van der Waals surface area contributed by atoms with Crippen molar-refractivity contribution < 1.29 is 9.53 Å². The lowest BCUT2D eigenvalue weighted by Crippen LogP contribution is -2.24. The molecule has 0 atom stereocenters. The lowest BCUT2D eigenvalue weighted by molar-refractivity contribution is 0.0941. The number of pyridine rings is 1. The number of ether oxygens (including phenoxy) is 1. The van der Waals surface area contributed by atoms with Crippen LogP contribution in [-0.4, -0.2) is 28.0 Å². The van der Waals surface area contributed by atoms with Gasteiger partial charge in [0.15, 0.2) is 5.69 Å². The summed E-state index contributed by atoms with van der Waals surface area (Å²) in [6.45, 7) is 4.41. The van der Waals surface area contributed by atoms with Crippen LogP contribution in [0.15, 0.2) is 30.5 Å². The van der Waals surface area contributed by atoms with Gasteiger partial charge in [0, 0.05) is 6.20 Å². The maximum atomic E-state index is 12.2. The van der Waals surface area contributed by atoms with Crippen molar-refractivity contribution in [3.05, 3.63) is 53.1 Å². The predicted molar refractivity (Wildman–Crippen MR) is 87.5 cm³/mol. The Balaban J connectivity index is 1.76. The molecule has 0 aliphatic rings. The Bertz CT molecular complexity index is 831. The van der Waals surface area contributed by atoms with Crippen molar-refractivity contribution in [1.82, 2.24) is 20.3 Å². The molecule has 23 heavy (non-hydrogen) atoms. The van der Waals surface area contributed by atoms with Crippen molar-refractivity contribution in [3.63, 3.8) is 0 Å². The molecule has 3 aromatic rings. The predicted octanol–water partition coefficient (Wildman–Crippen LogP) is 2.51. The smallest absolute Gasteiger partial charge is 0.274 e. The third-order valence-corrected chi connectivity index (χ3v) is 3.77. The SMILES string of the molecule is COc1cccnc1C(=O)NCc1nc2cc(C)c(C)cc2[nH]1. The minimum Gasteiger partial charge on any atom is -0.494 e. The Morgan fingerprint density at radius 1 is 1.30 bits per heavy atom. The number of imidazole rings is 1. The number of amides is 1. The maximum absolute atomic E-state index is 12.2. The van der Waals surface area contributed by atoms with Crippen molar-refractivity contribution in [2.45, 2.75) is 20.4 Å². The molecule has 0 fully saturated rings. The molecule has 1 amide bonds. The van der Waals surface area contributed by atoms with Crippen LogP contribution in [0.5, 0.6) is 5.75 Å². The van der Waals surface area contributed by atoms with E-state index in [1.165, 1.54) is 18.2 Å². The van der Waals surface area contributed by atoms with Crippen molar-refractivity contribution in [2.24, 2.45) is 0 Å². The highest BCUT2D eigenvalue weighted by Gasteiger charge is 2.14. The van der Waals surface area contributed by atoms with Gasteiger partial charge in [0.05, 0.1) is 24.7 Å². The molecule has 118 valence electrons. The topological polar surface area (TPSA) is 79.9 Å². The number of carbonyl (C=O) groups is 1. The number of hydrogen-bond acceptors (Lipinski definition) is 4. The van der Waals surface area contributed by atoms with Crippen molar-refractivity contribution in [2.75, 3.05) is 7.11 Å². The number of aromatic nitrogens is 3. The number of nitrogens with one attached hydrogen (secondary N) is 2. The van der Waals surface area contributed by atoms with Gasteiger partial charge in [0.1, 0.15) is 11.6 Å². The summed E-state index contributed by atoms with van der Waals surface area (Å²) in [6, 6.07) is 7.52. The molecule has 2 N–H and O–H groups in total. The normalized spacial score (nSPS) is 10.7. The standard InChI is InChI=1S/C17H18N4O2/c1-10-7-12-13(8-11(10)2)21-15(20-12)9-19-17(22)16-14(23-3)5-4-6-18-16/h4-8H,9H2,1-3H3,(H,19,22)(H,20,21). The van der Waals surface area contributed by atoms with Crippen molar-refractivity contribution in [3.8, 4) is 5.75 Å². The number of H-pyrrole nitrogens is 1. The fourth-order valence-corrected chi connectivity index (χ4v) is 2.38. The van der Waals surface area contributed by atoms with E-state index in [-0.39, 0.29) is 11.6 Å². The first-order chi connectivity index (χ1) is 11.1. The van der Waals surface area contributed by atoms with Gasteiger partial charge in [0.2, 0.25) is 0 Å². The summed E-state index contributed by atoms with van der Waals surface area (Å²) in [5, 5.41) is 2.80. The summed E-state index contributed by atoms with van der Waals surface area (Å²) in [6.07, 6.45) is 1.56. The van der Waals surface area contributed by atoms with Crippen LogP contribution >= 0.6 is 0 Å². The Hall–Kier alpha value is -2.89. The summed E-state index contributed by atoms with van der Waals surface area (Å²) in [4.78, 5) is 24.0. The number of aryl methyl sites for hydroxylation is 2. The second-order valence-electron chi connectivity index (χ2n) is 5.37. The van der Waals surface area contributed by atoms with Crippen LogP contribution in [-0.2, 0) is 6.54 Å². The molecular formula is C17H18N4O2. The quantitative estimate of drug-likeness (QED) is 0.776. The van der Waals surface area contributed by atoms with E-state index in [1.807, 2.05) is 6.07 Å². The molecule has 0 aliphatic heterocycles. The van der Waals surface area contributed by atoms with Gasteiger partial charge in [-0.3, -0.25) is 4.79 Å². The molecule has 6 heteroatoms. The number of methoxy groups -OCH3 is 1. The third kappa shape index (κ3) is 3.01. The first-order valence-electron chi connectivity index (χ1n) is 7.31. The van der Waals surface area contributed by atoms with Crippen LogP contribution in [0.1, 0.15) is 27.4 Å². The van der Waals surface area contributed by atoms with Gasteiger partial charge in [-0.2, -0.15) is 0 Å². The van der Waals surface area contributed by atoms with E-state index in [4.69, 9.17) is 4.74 Å². The van der Waals surface area contributed by atoms with E-state index < -0.39 is 0 Å². The Kier molecular flexibility index (Phi) is 3.97. The van der Waals surface area contributed by atoms with Crippen LogP contribution in [0.4, 0.5) is 0 Å². The number of carbonyl (C=O) groups excluding carboxylic acids is 1. The highest BCUT2D eigenvalue weighted by molar-refractivity contribution is 5.94. The van der Waals surface area contributed by atoms with Gasteiger partial charge in [0.25, 0.3) is 5.91 Å². The molecule has 2 heterocycles. The Morgan fingerprint density at radius 2 is 2.09 bits per heavy atom. The molecular weight excluding hydrogens is 292 g/mol. The van der Waals surface area contributed by atoms with E-state index in [9.17, 15) is 4.79 Å². The number of fused-ring (bicyclic) bond motifs is 1. The van der Waals surface area contributed by atoms with Gasteiger partial charge >= 0.3 is 0 Å². The second-order valence-corrected chi connectivity index (χ2v) is 5.37. The van der Waals surface area contributed by atoms with Crippen LogP contribution in [0.25, 0.3) is 11.0 Å². The zero-order valence-electron chi connectivity index (χ0n) is 13.3. The zero-order valence-corrected chi connectivity index (χ0v) is 13.3. The van der Waals surface area contributed by atoms with E-state index in [1.54, 1.807) is 18.3 Å². The van der Waals surface area contributed by atoms with Gasteiger partial charge < -0.3 is 15.0 Å². The monoisotopic (exact) mass is 310 g/mol. The highest BCUT2D eigenvalue weighted by atomic mass is 16.5. The second kappa shape index (κ2) is 6.08. The third-order valence-electron chi connectivity index (χ3n) is 3.77. The first-order valence-corrected chi connectivity index (χ1v) is 7.31. The number of rotatable bonds is 4. The van der Waals surface area contributed by atoms with Crippen LogP contribution < -0.4 is 10.1 Å². The van der Waals surface area contributed by atoms with Crippen molar-refractivity contribution >= 4 is 16.9 Å². The maximum Gasteiger partial charge on any atom is 0.274 e. The van der Waals surface area contributed by atoms with Crippen LogP contribution in [0.2, 0.25) is 0 Å². The molecule has 0 aliphatic carbocycles. The van der Waals surface area contributed by atoms with E-state index in [0.29, 0.717) is 18.1 Å². The summed E-state index contributed by atoms with van der Waals surface area (Å²) < 4.78 is 5.15. The van der Waals surface area contributed by atoms with Gasteiger partial charge in [-0.1, -0.05) is 0 Å². The lowest BCUT2D eigenvalue weighted by Gasteiger charge is -2.06. The number of nitrogens with zero attached hydrogens (tertiary/aromatic N) is 2. The van der Waals surface area contributed by atoms with E-state index >= 15 is 0 Å². The number of benzene rings is 1. The molecule has 6 nitrogen and oxygen atoms in total. The fourth-order valence-electron chi connectivity index (χ4n) is 2.38. The molecule has 1 aromatic carbocycles. The molecule has 0 spiro atoms. The zero-order chi connectivity index (χ0) is 16.4. The largest absolute Gasteiger partial charge is 0.494 e. The van der Waals surface area contributed by atoms with E-state index in [0.717, 1.165) is 11.0 Å². The summed E-state index contributed by atoms with van der Waals surface area (Å²) in [5.41, 5.74) is 4.52. The molecule has 0 bridgehead atoms. The Morgan fingerprint density at radius 3 is 2.87 bits per heavy atom. The van der Waals surface area contributed by atoms with Crippen LogP contribution in [0, 0.1) is 13.8 Å². The molecule has 3 rings (SSSR count). The average molecular weight is 310 g/mol. The molecule has 0 unspecified atom stereocenters. The minimum atomic E-state index is -0.296. The number of aromatic amines is 1. The molecule has 2 aromatic heterocycles. The summed E-state index contributed by atoms with van der Waals surface area (Å²) >= 11 is 0. The van der Waals surface area contributed by atoms with Gasteiger partial charge in [-0.15, -0.1) is 0 Å². The highest BCUT2D eigenvalue weighted by Crippen LogP contribution is 2.18. The molecule has 0 radical (unpaired) electrons. The first kappa shape index (κ1) is 15.0.